The molecular weight excluding hydrogens is 394 g/mol. The number of nitrogens with zero attached hydrogens (tertiary/aromatic N) is 2. The quantitative estimate of drug-likeness (QED) is 0.738. The minimum atomic E-state index is -0.143. The fourth-order valence-corrected chi connectivity index (χ4v) is 3.75. The Labute approximate surface area is 183 Å². The van der Waals surface area contributed by atoms with E-state index < -0.39 is 0 Å². The molecule has 7 heteroatoms. The lowest BCUT2D eigenvalue weighted by molar-refractivity contribution is 0.0802. The van der Waals surface area contributed by atoms with Crippen LogP contribution in [0.2, 0.25) is 0 Å². The number of methoxy groups -OCH3 is 2. The summed E-state index contributed by atoms with van der Waals surface area (Å²) in [5.41, 5.74) is 2.19. The van der Waals surface area contributed by atoms with Crippen LogP contribution in [0.1, 0.15) is 40.5 Å². The fraction of sp³-hybridized carbons (Fsp3) is 0.417. The summed E-state index contributed by atoms with van der Waals surface area (Å²) < 4.78 is 10.5. The monoisotopic (exact) mass is 425 g/mol. The van der Waals surface area contributed by atoms with Crippen molar-refractivity contribution in [2.75, 3.05) is 45.8 Å². The third kappa shape index (κ3) is 5.29. The summed E-state index contributed by atoms with van der Waals surface area (Å²) in [4.78, 5) is 29.4. The molecule has 1 aliphatic rings. The van der Waals surface area contributed by atoms with E-state index in [4.69, 9.17) is 9.47 Å². The number of carbonyl (C=O) groups is 2. The highest BCUT2D eigenvalue weighted by molar-refractivity contribution is 5.99. The largest absolute Gasteiger partial charge is 0.497 e. The summed E-state index contributed by atoms with van der Waals surface area (Å²) in [6.45, 7) is 4.17. The Hall–Kier alpha value is -3.22. The first-order valence-corrected chi connectivity index (χ1v) is 10.6. The highest BCUT2D eigenvalue weighted by Gasteiger charge is 2.25. The number of ether oxygens (including phenoxy) is 2. The number of benzene rings is 2. The van der Waals surface area contributed by atoms with Gasteiger partial charge in [0.15, 0.2) is 0 Å². The van der Waals surface area contributed by atoms with Crippen molar-refractivity contribution in [3.05, 3.63) is 53.6 Å². The molecule has 0 saturated carbocycles. The lowest BCUT2D eigenvalue weighted by Crippen LogP contribution is -2.45. The standard InChI is InChI=1S/C24H31N3O4/c1-5-26(2)24(29)21-8-6-7-9-22(21)27-12-10-18(11-13-27)25-23(28)17-14-19(30-3)16-20(15-17)31-4/h6-9,14-16,18H,5,10-13H2,1-4H3,(H,25,28). The van der Waals surface area contributed by atoms with Crippen LogP contribution in [0.25, 0.3) is 0 Å². The molecule has 0 radical (unpaired) electrons. The molecule has 1 saturated heterocycles. The van der Waals surface area contributed by atoms with E-state index in [2.05, 4.69) is 10.2 Å². The second-order valence-electron chi connectivity index (χ2n) is 7.67. The van der Waals surface area contributed by atoms with Gasteiger partial charge >= 0.3 is 0 Å². The molecule has 0 unspecified atom stereocenters. The van der Waals surface area contributed by atoms with Crippen LogP contribution >= 0.6 is 0 Å². The van der Waals surface area contributed by atoms with Crippen molar-refractivity contribution in [3.8, 4) is 11.5 Å². The van der Waals surface area contributed by atoms with Gasteiger partial charge in [-0.3, -0.25) is 9.59 Å². The lowest BCUT2D eigenvalue weighted by atomic mass is 10.0. The third-order valence-electron chi connectivity index (χ3n) is 5.74. The SMILES string of the molecule is CCN(C)C(=O)c1ccccc1N1CCC(NC(=O)c2cc(OC)cc(OC)c2)CC1. The van der Waals surface area contributed by atoms with Crippen molar-refractivity contribution in [2.45, 2.75) is 25.8 Å². The first-order valence-electron chi connectivity index (χ1n) is 10.6. The average molecular weight is 426 g/mol. The zero-order chi connectivity index (χ0) is 22.4. The van der Waals surface area contributed by atoms with Crippen LogP contribution in [-0.4, -0.2) is 63.7 Å². The topological polar surface area (TPSA) is 71.1 Å². The van der Waals surface area contributed by atoms with Crippen molar-refractivity contribution < 1.29 is 19.1 Å². The Morgan fingerprint density at radius 2 is 1.68 bits per heavy atom. The minimum absolute atomic E-state index is 0.0282. The van der Waals surface area contributed by atoms with Crippen molar-refractivity contribution in [2.24, 2.45) is 0 Å². The van der Waals surface area contributed by atoms with Gasteiger partial charge in [0, 0.05) is 50.0 Å². The van der Waals surface area contributed by atoms with E-state index in [1.807, 2.05) is 38.2 Å². The molecule has 0 aromatic heterocycles. The number of rotatable bonds is 7. The van der Waals surface area contributed by atoms with Crippen LogP contribution < -0.4 is 19.7 Å². The number of anilines is 1. The summed E-state index contributed by atoms with van der Waals surface area (Å²) in [5.74, 6) is 1.05. The summed E-state index contributed by atoms with van der Waals surface area (Å²) in [6.07, 6.45) is 1.61. The third-order valence-corrected chi connectivity index (χ3v) is 5.74. The molecule has 7 nitrogen and oxygen atoms in total. The van der Waals surface area contributed by atoms with Gasteiger partial charge in [-0.25, -0.2) is 0 Å². The molecule has 1 fully saturated rings. The minimum Gasteiger partial charge on any atom is -0.497 e. The molecule has 1 heterocycles. The molecule has 0 aliphatic carbocycles. The second-order valence-corrected chi connectivity index (χ2v) is 7.67. The van der Waals surface area contributed by atoms with Crippen molar-refractivity contribution in [1.29, 1.82) is 0 Å². The molecule has 0 spiro atoms. The molecular formula is C24H31N3O4. The Balaban J connectivity index is 1.65. The summed E-state index contributed by atoms with van der Waals surface area (Å²) in [7, 11) is 4.94. The lowest BCUT2D eigenvalue weighted by Gasteiger charge is -2.35. The van der Waals surface area contributed by atoms with Crippen LogP contribution in [0, 0.1) is 0 Å². The Kier molecular flexibility index (Phi) is 7.39. The highest BCUT2D eigenvalue weighted by atomic mass is 16.5. The number of hydrogen-bond acceptors (Lipinski definition) is 5. The zero-order valence-electron chi connectivity index (χ0n) is 18.7. The van der Waals surface area contributed by atoms with Crippen molar-refractivity contribution in [1.82, 2.24) is 10.2 Å². The number of para-hydroxylation sites is 1. The normalized spacial score (nSPS) is 14.1. The van der Waals surface area contributed by atoms with Crippen molar-refractivity contribution in [3.63, 3.8) is 0 Å². The summed E-state index contributed by atoms with van der Waals surface area (Å²) >= 11 is 0. The van der Waals surface area contributed by atoms with E-state index in [9.17, 15) is 9.59 Å². The molecule has 1 aliphatic heterocycles. The van der Waals surface area contributed by atoms with Gasteiger partial charge in [-0.15, -0.1) is 0 Å². The number of nitrogens with one attached hydrogen (secondary N) is 1. The van der Waals surface area contributed by atoms with Gasteiger partial charge in [0.2, 0.25) is 0 Å². The Morgan fingerprint density at radius 3 is 2.26 bits per heavy atom. The predicted octanol–water partition coefficient (Wildman–Crippen LogP) is 3.19. The molecule has 166 valence electrons. The second kappa shape index (κ2) is 10.2. The fourth-order valence-electron chi connectivity index (χ4n) is 3.75. The molecule has 3 rings (SSSR count). The molecule has 0 atom stereocenters. The van der Waals surface area contributed by atoms with E-state index in [0.29, 0.717) is 23.6 Å². The van der Waals surface area contributed by atoms with E-state index >= 15 is 0 Å². The van der Waals surface area contributed by atoms with Gasteiger partial charge in [0.25, 0.3) is 11.8 Å². The molecule has 0 bridgehead atoms. The number of piperidine rings is 1. The maximum absolute atomic E-state index is 12.8. The number of hydrogen-bond donors (Lipinski definition) is 1. The maximum Gasteiger partial charge on any atom is 0.255 e. The molecule has 1 N–H and O–H groups in total. The first-order chi connectivity index (χ1) is 15.0. The van der Waals surface area contributed by atoms with Crippen LogP contribution in [-0.2, 0) is 0 Å². The van der Waals surface area contributed by atoms with Gasteiger partial charge in [-0.1, -0.05) is 12.1 Å². The summed E-state index contributed by atoms with van der Waals surface area (Å²) in [5, 5.41) is 3.12. The smallest absolute Gasteiger partial charge is 0.255 e. The van der Waals surface area contributed by atoms with Gasteiger partial charge in [-0.05, 0) is 44.0 Å². The number of carbonyl (C=O) groups excluding carboxylic acids is 2. The molecule has 2 aromatic carbocycles. The zero-order valence-corrected chi connectivity index (χ0v) is 18.7. The van der Waals surface area contributed by atoms with Crippen LogP contribution in [0.5, 0.6) is 11.5 Å². The van der Waals surface area contributed by atoms with Gasteiger partial charge in [0.05, 0.1) is 19.8 Å². The predicted molar refractivity (Wildman–Crippen MR) is 121 cm³/mol. The molecule has 2 amide bonds. The van der Waals surface area contributed by atoms with Crippen LogP contribution in [0.15, 0.2) is 42.5 Å². The average Bonchev–Trinajstić information content (AvgIpc) is 2.83. The van der Waals surface area contributed by atoms with Gasteiger partial charge in [-0.2, -0.15) is 0 Å². The summed E-state index contributed by atoms with van der Waals surface area (Å²) in [6, 6.07) is 13.0. The first kappa shape index (κ1) is 22.5. The highest BCUT2D eigenvalue weighted by Crippen LogP contribution is 2.26. The van der Waals surface area contributed by atoms with E-state index in [0.717, 1.165) is 37.2 Å². The number of amides is 2. The Morgan fingerprint density at radius 1 is 1.06 bits per heavy atom. The molecule has 2 aromatic rings. The van der Waals surface area contributed by atoms with E-state index in [-0.39, 0.29) is 17.9 Å². The molecule has 31 heavy (non-hydrogen) atoms. The maximum atomic E-state index is 12.8. The van der Waals surface area contributed by atoms with E-state index in [1.54, 1.807) is 37.3 Å². The Bertz CT molecular complexity index is 901. The van der Waals surface area contributed by atoms with Gasteiger partial charge in [0.1, 0.15) is 11.5 Å². The van der Waals surface area contributed by atoms with Crippen molar-refractivity contribution >= 4 is 17.5 Å². The van der Waals surface area contributed by atoms with Crippen LogP contribution in [0.3, 0.4) is 0 Å². The van der Waals surface area contributed by atoms with Gasteiger partial charge < -0.3 is 24.6 Å². The van der Waals surface area contributed by atoms with E-state index in [1.165, 1.54) is 0 Å². The van der Waals surface area contributed by atoms with Crippen LogP contribution in [0.4, 0.5) is 5.69 Å².